The third-order valence-electron chi connectivity index (χ3n) is 4.41. The van der Waals surface area contributed by atoms with Gasteiger partial charge in [-0.15, -0.1) is 0 Å². The van der Waals surface area contributed by atoms with E-state index >= 15 is 0 Å². The summed E-state index contributed by atoms with van der Waals surface area (Å²) in [5.74, 6) is -0.555. The first kappa shape index (κ1) is 16.7. The maximum absolute atomic E-state index is 12.5. The van der Waals surface area contributed by atoms with Gasteiger partial charge in [0.15, 0.2) is 16.9 Å². The molecule has 2 N–H and O–H groups in total. The van der Waals surface area contributed by atoms with Crippen LogP contribution in [0.4, 0.5) is 0 Å². The van der Waals surface area contributed by atoms with Crippen molar-refractivity contribution in [3.05, 3.63) is 77.0 Å². The fourth-order valence-corrected chi connectivity index (χ4v) is 3.07. The third kappa shape index (κ3) is 2.89. The second-order valence-corrected chi connectivity index (χ2v) is 6.07. The van der Waals surface area contributed by atoms with Crippen LogP contribution in [0.1, 0.15) is 0 Å². The molecule has 0 bridgehead atoms. The minimum atomic E-state index is -0.438. The number of hydrogen-bond acceptors (Lipinski definition) is 5. The summed E-state index contributed by atoms with van der Waals surface area (Å²) in [5, 5.41) is 20.1. The van der Waals surface area contributed by atoms with Crippen molar-refractivity contribution in [2.24, 2.45) is 0 Å². The second-order valence-electron chi connectivity index (χ2n) is 6.07. The van der Waals surface area contributed by atoms with Crippen molar-refractivity contribution < 1.29 is 19.4 Å². The first-order valence-electron chi connectivity index (χ1n) is 8.31. The van der Waals surface area contributed by atoms with Crippen LogP contribution in [0.3, 0.4) is 0 Å². The van der Waals surface area contributed by atoms with Crippen LogP contribution in [0, 0.1) is 0 Å². The van der Waals surface area contributed by atoms with Crippen molar-refractivity contribution in [2.45, 2.75) is 0 Å². The molecule has 5 heteroatoms. The second kappa shape index (κ2) is 6.53. The lowest BCUT2D eigenvalue weighted by Gasteiger charge is -2.10. The van der Waals surface area contributed by atoms with E-state index in [1.54, 1.807) is 0 Å². The molecule has 4 rings (SSSR count). The molecular weight excluding hydrogens is 344 g/mol. The van der Waals surface area contributed by atoms with E-state index in [1.807, 2.05) is 54.6 Å². The smallest absolute Gasteiger partial charge is 0.203 e. The number of phenolic OH excluding ortho intramolecular Hbond substituents is 2. The Morgan fingerprint density at radius 2 is 1.48 bits per heavy atom. The highest BCUT2D eigenvalue weighted by atomic mass is 16.5. The minimum Gasteiger partial charge on any atom is -0.504 e. The summed E-state index contributed by atoms with van der Waals surface area (Å²) in [4.78, 5) is 12.5. The largest absolute Gasteiger partial charge is 0.504 e. The van der Waals surface area contributed by atoms with Crippen LogP contribution in [0.2, 0.25) is 0 Å². The Kier molecular flexibility index (Phi) is 4.05. The third-order valence-corrected chi connectivity index (χ3v) is 4.41. The number of hydrogen-bond donors (Lipinski definition) is 2. The SMILES string of the molecule is COc1c(O)cc2oc(-c3ccc(-c4ccccc4)cc3)cc(=O)c2c1O. The average Bonchev–Trinajstić information content (AvgIpc) is 2.68. The highest BCUT2D eigenvalue weighted by Crippen LogP contribution is 2.41. The molecule has 0 saturated carbocycles. The fourth-order valence-electron chi connectivity index (χ4n) is 3.07. The molecule has 0 spiro atoms. The van der Waals surface area contributed by atoms with Gasteiger partial charge in [-0.1, -0.05) is 54.6 Å². The van der Waals surface area contributed by atoms with Crippen LogP contribution in [0.15, 0.2) is 75.9 Å². The Morgan fingerprint density at radius 3 is 2.15 bits per heavy atom. The average molecular weight is 360 g/mol. The van der Waals surface area contributed by atoms with Gasteiger partial charge in [0.05, 0.1) is 7.11 Å². The van der Waals surface area contributed by atoms with Gasteiger partial charge in [-0.2, -0.15) is 0 Å². The van der Waals surface area contributed by atoms with Gasteiger partial charge in [-0.25, -0.2) is 0 Å². The molecule has 0 aliphatic rings. The Morgan fingerprint density at radius 1 is 0.852 bits per heavy atom. The summed E-state index contributed by atoms with van der Waals surface area (Å²) in [7, 11) is 1.30. The van der Waals surface area contributed by atoms with Crippen LogP contribution in [-0.4, -0.2) is 17.3 Å². The molecule has 27 heavy (non-hydrogen) atoms. The number of phenols is 2. The molecule has 3 aromatic carbocycles. The van der Waals surface area contributed by atoms with Gasteiger partial charge in [0, 0.05) is 17.7 Å². The normalized spacial score (nSPS) is 10.9. The molecule has 0 atom stereocenters. The van der Waals surface area contributed by atoms with Crippen molar-refractivity contribution in [1.29, 1.82) is 0 Å². The monoisotopic (exact) mass is 360 g/mol. The zero-order valence-electron chi connectivity index (χ0n) is 14.5. The van der Waals surface area contributed by atoms with E-state index in [2.05, 4.69) is 0 Å². The molecule has 5 nitrogen and oxygen atoms in total. The fraction of sp³-hybridized carbons (Fsp3) is 0.0455. The summed E-state index contributed by atoms with van der Waals surface area (Å²) < 4.78 is 10.7. The molecule has 0 saturated heterocycles. The van der Waals surface area contributed by atoms with Gasteiger partial charge in [0.2, 0.25) is 5.75 Å². The summed E-state index contributed by atoms with van der Waals surface area (Å²) in [5.41, 5.74) is 2.51. The van der Waals surface area contributed by atoms with Gasteiger partial charge in [0.25, 0.3) is 0 Å². The zero-order valence-corrected chi connectivity index (χ0v) is 14.5. The van der Waals surface area contributed by atoms with E-state index < -0.39 is 11.2 Å². The Bertz CT molecular complexity index is 1180. The number of benzene rings is 3. The highest BCUT2D eigenvalue weighted by Gasteiger charge is 2.18. The van der Waals surface area contributed by atoms with Gasteiger partial charge < -0.3 is 19.4 Å². The molecule has 0 fully saturated rings. The van der Waals surface area contributed by atoms with Crippen LogP contribution < -0.4 is 10.2 Å². The van der Waals surface area contributed by atoms with E-state index in [0.29, 0.717) is 11.3 Å². The lowest BCUT2D eigenvalue weighted by atomic mass is 10.0. The molecule has 0 unspecified atom stereocenters. The Hall–Kier alpha value is -3.73. The quantitative estimate of drug-likeness (QED) is 0.560. The topological polar surface area (TPSA) is 79.9 Å². The number of fused-ring (bicyclic) bond motifs is 1. The minimum absolute atomic E-state index is 0.0331. The van der Waals surface area contributed by atoms with Crippen molar-refractivity contribution in [2.75, 3.05) is 7.11 Å². The van der Waals surface area contributed by atoms with Crippen LogP contribution in [0.25, 0.3) is 33.4 Å². The van der Waals surface area contributed by atoms with Crippen LogP contribution >= 0.6 is 0 Å². The summed E-state index contributed by atoms with van der Waals surface area (Å²) in [6.45, 7) is 0. The van der Waals surface area contributed by atoms with E-state index in [9.17, 15) is 15.0 Å². The standard InChI is InChI=1S/C22H16O5/c1-26-22-17(24)12-19-20(21(22)25)16(23)11-18(27-19)15-9-7-14(8-10-15)13-5-3-2-4-6-13/h2-12,24-25H,1H3. The van der Waals surface area contributed by atoms with Crippen LogP contribution in [-0.2, 0) is 0 Å². The van der Waals surface area contributed by atoms with Gasteiger partial charge >= 0.3 is 0 Å². The van der Waals surface area contributed by atoms with Crippen molar-refractivity contribution in [1.82, 2.24) is 0 Å². The molecule has 0 radical (unpaired) electrons. The Labute approximate surface area is 154 Å². The molecule has 1 heterocycles. The number of ether oxygens (including phenoxy) is 1. The maximum atomic E-state index is 12.5. The van der Waals surface area contributed by atoms with Gasteiger partial charge in [-0.3, -0.25) is 4.79 Å². The van der Waals surface area contributed by atoms with Crippen molar-refractivity contribution in [3.63, 3.8) is 0 Å². The summed E-state index contributed by atoms with van der Waals surface area (Å²) in [6, 6.07) is 20.1. The van der Waals surface area contributed by atoms with Gasteiger partial charge in [-0.05, 0) is 11.1 Å². The predicted octanol–water partition coefficient (Wildman–Crippen LogP) is 4.55. The number of methoxy groups -OCH3 is 1. The molecule has 0 amide bonds. The van der Waals surface area contributed by atoms with Gasteiger partial charge in [0.1, 0.15) is 16.7 Å². The van der Waals surface area contributed by atoms with E-state index in [-0.39, 0.29) is 22.5 Å². The van der Waals surface area contributed by atoms with E-state index in [0.717, 1.165) is 11.1 Å². The molecular formula is C22H16O5. The first-order chi connectivity index (χ1) is 13.1. The van der Waals surface area contributed by atoms with E-state index in [4.69, 9.17) is 9.15 Å². The number of rotatable bonds is 3. The summed E-state index contributed by atoms with van der Waals surface area (Å²) >= 11 is 0. The number of aromatic hydroxyl groups is 2. The Balaban J connectivity index is 1.82. The molecule has 134 valence electrons. The highest BCUT2D eigenvalue weighted by molar-refractivity contribution is 5.89. The van der Waals surface area contributed by atoms with Crippen molar-refractivity contribution in [3.8, 4) is 39.7 Å². The summed E-state index contributed by atoms with van der Waals surface area (Å²) in [6.07, 6.45) is 0. The van der Waals surface area contributed by atoms with E-state index in [1.165, 1.54) is 19.2 Å². The predicted molar refractivity (Wildman–Crippen MR) is 103 cm³/mol. The van der Waals surface area contributed by atoms with Crippen LogP contribution in [0.5, 0.6) is 17.2 Å². The zero-order chi connectivity index (χ0) is 19.0. The maximum Gasteiger partial charge on any atom is 0.203 e. The molecule has 0 aliphatic carbocycles. The molecule has 4 aromatic rings. The lowest BCUT2D eigenvalue weighted by molar-refractivity contribution is 0.346. The molecule has 0 aliphatic heterocycles. The lowest BCUT2D eigenvalue weighted by Crippen LogP contribution is -2.01. The molecule has 1 aromatic heterocycles. The first-order valence-corrected chi connectivity index (χ1v) is 8.31. The van der Waals surface area contributed by atoms with Crippen molar-refractivity contribution >= 4 is 11.0 Å².